The Hall–Kier alpha value is -2.08. The fourth-order valence-electron chi connectivity index (χ4n) is 3.29. The zero-order chi connectivity index (χ0) is 17.5. The molecule has 6 nitrogen and oxygen atoms in total. The lowest BCUT2D eigenvalue weighted by atomic mass is 10.1. The van der Waals surface area contributed by atoms with Gasteiger partial charge in [-0.1, -0.05) is 12.1 Å². The van der Waals surface area contributed by atoms with Gasteiger partial charge in [-0.3, -0.25) is 4.99 Å². The fraction of sp³-hybridized carbons (Fsp3) is 0.579. The molecule has 1 saturated heterocycles. The number of aryl methyl sites for hydroxylation is 1. The summed E-state index contributed by atoms with van der Waals surface area (Å²) < 4.78 is 7.68. The minimum Gasteiger partial charge on any atom is -0.381 e. The smallest absolute Gasteiger partial charge is 0.193 e. The Bertz CT molecular complexity index is 690. The molecule has 136 valence electrons. The van der Waals surface area contributed by atoms with Gasteiger partial charge in [0.1, 0.15) is 0 Å². The molecule has 1 aliphatic heterocycles. The van der Waals surface area contributed by atoms with Crippen LogP contribution in [0, 0.1) is 5.92 Å². The summed E-state index contributed by atoms with van der Waals surface area (Å²) in [6.45, 7) is 7.50. The molecule has 1 fully saturated rings. The highest BCUT2D eigenvalue weighted by molar-refractivity contribution is 5.79. The number of rotatable bonds is 7. The number of aromatic nitrogens is 2. The first-order valence-electron chi connectivity index (χ1n) is 9.25. The maximum Gasteiger partial charge on any atom is 0.193 e. The number of nitrogens with one attached hydrogen (secondary N) is 1. The molecule has 0 aliphatic carbocycles. The average Bonchev–Trinajstić information content (AvgIpc) is 3.27. The van der Waals surface area contributed by atoms with E-state index in [1.54, 1.807) is 0 Å². The molecule has 25 heavy (non-hydrogen) atoms. The minimum atomic E-state index is 0.617. The van der Waals surface area contributed by atoms with Crippen LogP contribution >= 0.6 is 0 Å². The highest BCUT2D eigenvalue weighted by Crippen LogP contribution is 2.14. The molecule has 0 spiro atoms. The van der Waals surface area contributed by atoms with E-state index in [2.05, 4.69) is 51.9 Å². The normalized spacial score (nSPS) is 18.0. The summed E-state index contributed by atoms with van der Waals surface area (Å²) in [6.07, 6.45) is 4.07. The van der Waals surface area contributed by atoms with Crippen molar-refractivity contribution in [3.8, 4) is 0 Å². The average molecular weight is 343 g/mol. The van der Waals surface area contributed by atoms with Gasteiger partial charge in [0, 0.05) is 45.8 Å². The first kappa shape index (κ1) is 17.7. The van der Waals surface area contributed by atoms with E-state index in [1.165, 1.54) is 5.52 Å². The van der Waals surface area contributed by atoms with Gasteiger partial charge in [0.15, 0.2) is 5.96 Å². The second kappa shape index (κ2) is 8.85. The zero-order valence-electron chi connectivity index (χ0n) is 15.3. The molecule has 1 unspecified atom stereocenters. The summed E-state index contributed by atoms with van der Waals surface area (Å²) in [5.74, 6) is 1.61. The van der Waals surface area contributed by atoms with Gasteiger partial charge in [-0.2, -0.15) is 0 Å². The molecular formula is C19H29N5O. The van der Waals surface area contributed by atoms with Crippen LogP contribution in [0.3, 0.4) is 0 Å². The van der Waals surface area contributed by atoms with Crippen LogP contribution in [0.5, 0.6) is 0 Å². The van der Waals surface area contributed by atoms with Gasteiger partial charge in [0.2, 0.25) is 0 Å². The van der Waals surface area contributed by atoms with Crippen molar-refractivity contribution in [2.75, 3.05) is 39.9 Å². The predicted molar refractivity (Wildman–Crippen MR) is 102 cm³/mol. The van der Waals surface area contributed by atoms with E-state index in [9.17, 15) is 0 Å². The number of para-hydroxylation sites is 2. The van der Waals surface area contributed by atoms with Crippen molar-refractivity contribution in [1.82, 2.24) is 19.8 Å². The predicted octanol–water partition coefficient (Wildman–Crippen LogP) is 2.36. The Balaban J connectivity index is 1.52. The van der Waals surface area contributed by atoms with Gasteiger partial charge in [-0.15, -0.1) is 0 Å². The lowest BCUT2D eigenvalue weighted by Gasteiger charge is -2.24. The van der Waals surface area contributed by atoms with Crippen molar-refractivity contribution in [3.05, 3.63) is 30.6 Å². The van der Waals surface area contributed by atoms with Crippen LogP contribution in [-0.4, -0.2) is 60.3 Å². The van der Waals surface area contributed by atoms with Crippen LogP contribution in [0.2, 0.25) is 0 Å². The first-order chi connectivity index (χ1) is 12.3. The second-order valence-electron chi connectivity index (χ2n) is 6.63. The van der Waals surface area contributed by atoms with Crippen LogP contribution in [0.4, 0.5) is 0 Å². The van der Waals surface area contributed by atoms with Crippen LogP contribution in [0.15, 0.2) is 35.6 Å². The summed E-state index contributed by atoms with van der Waals surface area (Å²) in [4.78, 5) is 11.5. The molecule has 6 heteroatoms. The molecule has 2 heterocycles. The molecule has 1 N–H and O–H groups in total. The molecule has 0 radical (unpaired) electrons. The number of hydrogen-bond acceptors (Lipinski definition) is 3. The molecule has 0 amide bonds. The largest absolute Gasteiger partial charge is 0.381 e. The Morgan fingerprint density at radius 3 is 3.12 bits per heavy atom. The van der Waals surface area contributed by atoms with Gasteiger partial charge in [0.05, 0.1) is 24.0 Å². The van der Waals surface area contributed by atoms with E-state index < -0.39 is 0 Å². The van der Waals surface area contributed by atoms with E-state index in [1.807, 2.05) is 12.4 Å². The number of fused-ring (bicyclic) bond motifs is 1. The summed E-state index contributed by atoms with van der Waals surface area (Å²) in [6, 6.07) is 8.25. The third-order valence-electron chi connectivity index (χ3n) is 4.60. The van der Waals surface area contributed by atoms with Crippen LogP contribution in [-0.2, 0) is 11.3 Å². The highest BCUT2D eigenvalue weighted by atomic mass is 16.5. The molecular weight excluding hydrogens is 314 g/mol. The summed E-state index contributed by atoms with van der Waals surface area (Å²) in [7, 11) is 2.11. The molecule has 3 rings (SSSR count). The standard InChI is InChI=1S/C19H29N5O/c1-3-20-19(23(2)13-16-9-12-25-14-16)21-10-6-11-24-15-22-17-7-4-5-8-18(17)24/h4-5,7-8,15-16H,3,6,9-14H2,1-2H3,(H,20,21). The molecule has 0 saturated carbocycles. The number of imidazole rings is 1. The molecule has 1 aromatic heterocycles. The Labute approximate surface area is 149 Å². The molecule has 1 aliphatic rings. The van der Waals surface area contributed by atoms with Crippen molar-refractivity contribution >= 4 is 17.0 Å². The van der Waals surface area contributed by atoms with E-state index in [0.717, 1.165) is 63.7 Å². The quantitative estimate of drug-likeness (QED) is 0.476. The van der Waals surface area contributed by atoms with E-state index in [4.69, 9.17) is 9.73 Å². The van der Waals surface area contributed by atoms with Crippen molar-refractivity contribution in [1.29, 1.82) is 0 Å². The topological polar surface area (TPSA) is 54.7 Å². The third kappa shape index (κ3) is 4.72. The van der Waals surface area contributed by atoms with Crippen molar-refractivity contribution in [3.63, 3.8) is 0 Å². The van der Waals surface area contributed by atoms with E-state index in [0.29, 0.717) is 5.92 Å². The molecule has 2 aromatic rings. The van der Waals surface area contributed by atoms with Crippen LogP contribution in [0.25, 0.3) is 11.0 Å². The van der Waals surface area contributed by atoms with Crippen molar-refractivity contribution < 1.29 is 4.74 Å². The molecule has 0 bridgehead atoms. The summed E-state index contributed by atoms with van der Waals surface area (Å²) >= 11 is 0. The molecule has 1 atom stereocenters. The Morgan fingerprint density at radius 1 is 1.44 bits per heavy atom. The van der Waals surface area contributed by atoms with Gasteiger partial charge in [0.25, 0.3) is 0 Å². The second-order valence-corrected chi connectivity index (χ2v) is 6.63. The van der Waals surface area contributed by atoms with Gasteiger partial charge >= 0.3 is 0 Å². The maximum absolute atomic E-state index is 5.48. The number of guanidine groups is 1. The lowest BCUT2D eigenvalue weighted by molar-refractivity contribution is 0.181. The number of nitrogens with zero attached hydrogens (tertiary/aromatic N) is 4. The van der Waals surface area contributed by atoms with Crippen LogP contribution < -0.4 is 5.32 Å². The van der Waals surface area contributed by atoms with Crippen molar-refractivity contribution in [2.45, 2.75) is 26.3 Å². The maximum atomic E-state index is 5.48. The number of hydrogen-bond donors (Lipinski definition) is 1. The minimum absolute atomic E-state index is 0.617. The highest BCUT2D eigenvalue weighted by Gasteiger charge is 2.18. The zero-order valence-corrected chi connectivity index (χ0v) is 15.3. The van der Waals surface area contributed by atoms with Gasteiger partial charge in [-0.05, 0) is 31.9 Å². The fourth-order valence-corrected chi connectivity index (χ4v) is 3.29. The van der Waals surface area contributed by atoms with E-state index >= 15 is 0 Å². The third-order valence-corrected chi connectivity index (χ3v) is 4.60. The Morgan fingerprint density at radius 2 is 2.32 bits per heavy atom. The number of ether oxygens (including phenoxy) is 1. The van der Waals surface area contributed by atoms with Crippen molar-refractivity contribution in [2.24, 2.45) is 10.9 Å². The number of benzene rings is 1. The first-order valence-corrected chi connectivity index (χ1v) is 9.25. The monoisotopic (exact) mass is 343 g/mol. The number of aliphatic imine (C=N–C) groups is 1. The lowest BCUT2D eigenvalue weighted by Crippen LogP contribution is -2.41. The van der Waals surface area contributed by atoms with E-state index in [-0.39, 0.29) is 0 Å². The summed E-state index contributed by atoms with van der Waals surface area (Å²) in [5.41, 5.74) is 2.24. The van der Waals surface area contributed by atoms with Gasteiger partial charge in [-0.25, -0.2) is 4.98 Å². The SMILES string of the molecule is CCNC(=NCCCn1cnc2ccccc21)N(C)CC1CCOC1. The summed E-state index contributed by atoms with van der Waals surface area (Å²) in [5, 5.41) is 3.40. The Kier molecular flexibility index (Phi) is 6.28. The van der Waals surface area contributed by atoms with Gasteiger partial charge < -0.3 is 19.5 Å². The van der Waals surface area contributed by atoms with Crippen LogP contribution in [0.1, 0.15) is 19.8 Å². The molecule has 1 aromatic carbocycles.